The van der Waals surface area contributed by atoms with Crippen molar-refractivity contribution in [2.45, 2.75) is 6.10 Å². The Morgan fingerprint density at radius 3 is 2.92 bits per heavy atom. The SMILES string of the molecule is COC(CNC(=O)C=Cc1ccc2c(c1)OCO2)c1cccc(F)c1. The standard InChI is InChI=1S/C19H18FNO4/c1-23-18(14-3-2-4-15(20)10-14)11-21-19(22)8-6-13-5-7-16-17(9-13)25-12-24-16/h2-10,18H,11-12H2,1H3,(H,21,22). The quantitative estimate of drug-likeness (QED) is 0.819. The first-order valence-electron chi connectivity index (χ1n) is 7.79. The average molecular weight is 343 g/mol. The van der Waals surface area contributed by atoms with E-state index in [1.807, 2.05) is 6.07 Å². The molecule has 0 aromatic heterocycles. The first-order chi connectivity index (χ1) is 12.2. The lowest BCUT2D eigenvalue weighted by Crippen LogP contribution is -2.27. The zero-order valence-electron chi connectivity index (χ0n) is 13.7. The van der Waals surface area contributed by atoms with E-state index in [4.69, 9.17) is 14.2 Å². The molecule has 0 saturated heterocycles. The number of carbonyl (C=O) groups is 1. The number of halogens is 1. The lowest BCUT2D eigenvalue weighted by Gasteiger charge is -2.16. The van der Waals surface area contributed by atoms with Gasteiger partial charge in [-0.3, -0.25) is 4.79 Å². The molecule has 0 spiro atoms. The fraction of sp³-hybridized carbons (Fsp3) is 0.211. The maximum absolute atomic E-state index is 13.3. The summed E-state index contributed by atoms with van der Waals surface area (Å²) in [7, 11) is 1.52. The molecule has 25 heavy (non-hydrogen) atoms. The monoisotopic (exact) mass is 343 g/mol. The fourth-order valence-electron chi connectivity index (χ4n) is 2.49. The van der Waals surface area contributed by atoms with Crippen LogP contribution < -0.4 is 14.8 Å². The molecule has 1 heterocycles. The minimum Gasteiger partial charge on any atom is -0.454 e. The number of hydrogen-bond acceptors (Lipinski definition) is 4. The number of amides is 1. The molecule has 1 atom stereocenters. The van der Waals surface area contributed by atoms with Crippen LogP contribution in [0.2, 0.25) is 0 Å². The van der Waals surface area contributed by atoms with Gasteiger partial charge >= 0.3 is 0 Å². The summed E-state index contributed by atoms with van der Waals surface area (Å²) in [6.45, 7) is 0.450. The Bertz CT molecular complexity index is 791. The minimum absolute atomic E-state index is 0.210. The van der Waals surface area contributed by atoms with E-state index >= 15 is 0 Å². The molecule has 2 aromatic rings. The summed E-state index contributed by atoms with van der Waals surface area (Å²) in [6, 6.07) is 11.6. The van der Waals surface area contributed by atoms with Gasteiger partial charge in [0.05, 0.1) is 6.10 Å². The van der Waals surface area contributed by atoms with Crippen molar-refractivity contribution in [2.24, 2.45) is 0 Å². The molecule has 0 aliphatic carbocycles. The molecule has 1 aliphatic rings. The maximum atomic E-state index is 13.3. The number of rotatable bonds is 6. The molecule has 2 aromatic carbocycles. The van der Waals surface area contributed by atoms with Crippen LogP contribution in [0.15, 0.2) is 48.5 Å². The van der Waals surface area contributed by atoms with Gasteiger partial charge in [-0.1, -0.05) is 18.2 Å². The Morgan fingerprint density at radius 2 is 2.12 bits per heavy atom. The van der Waals surface area contributed by atoms with E-state index in [0.29, 0.717) is 17.1 Å². The van der Waals surface area contributed by atoms with Gasteiger partial charge in [-0.05, 0) is 41.5 Å². The molecule has 6 heteroatoms. The van der Waals surface area contributed by atoms with Crippen LogP contribution in [-0.2, 0) is 9.53 Å². The molecule has 0 fully saturated rings. The van der Waals surface area contributed by atoms with Gasteiger partial charge in [0.25, 0.3) is 0 Å². The Morgan fingerprint density at radius 1 is 1.28 bits per heavy atom. The van der Waals surface area contributed by atoms with Gasteiger partial charge in [0, 0.05) is 19.7 Å². The van der Waals surface area contributed by atoms with Crippen molar-refractivity contribution >= 4 is 12.0 Å². The summed E-state index contributed by atoms with van der Waals surface area (Å²) >= 11 is 0. The summed E-state index contributed by atoms with van der Waals surface area (Å²) < 4.78 is 29.1. The summed E-state index contributed by atoms with van der Waals surface area (Å²) in [6.07, 6.45) is 2.69. The predicted octanol–water partition coefficient (Wildman–Crippen LogP) is 3.07. The third-order valence-electron chi connectivity index (χ3n) is 3.79. The summed E-state index contributed by atoms with van der Waals surface area (Å²) in [5, 5.41) is 2.75. The normalized spacial score (nSPS) is 13.8. The number of hydrogen-bond donors (Lipinski definition) is 1. The Kier molecular flexibility index (Phi) is 5.30. The van der Waals surface area contributed by atoms with Gasteiger partial charge in [0.2, 0.25) is 12.7 Å². The molecule has 3 rings (SSSR count). The lowest BCUT2D eigenvalue weighted by molar-refractivity contribution is -0.117. The van der Waals surface area contributed by atoms with Crippen molar-refractivity contribution in [1.82, 2.24) is 5.32 Å². The van der Waals surface area contributed by atoms with Crippen LogP contribution in [0.1, 0.15) is 17.2 Å². The molecular weight excluding hydrogens is 325 g/mol. The smallest absolute Gasteiger partial charge is 0.244 e. The molecule has 0 bridgehead atoms. The average Bonchev–Trinajstić information content (AvgIpc) is 3.08. The topological polar surface area (TPSA) is 56.8 Å². The zero-order valence-corrected chi connectivity index (χ0v) is 13.7. The number of ether oxygens (including phenoxy) is 3. The van der Waals surface area contributed by atoms with E-state index < -0.39 is 6.10 Å². The number of benzene rings is 2. The third-order valence-corrected chi connectivity index (χ3v) is 3.79. The predicted molar refractivity (Wildman–Crippen MR) is 90.8 cm³/mol. The highest BCUT2D eigenvalue weighted by Crippen LogP contribution is 2.32. The molecule has 130 valence electrons. The van der Waals surface area contributed by atoms with Crippen LogP contribution in [-0.4, -0.2) is 26.4 Å². The van der Waals surface area contributed by atoms with Gasteiger partial charge in [-0.15, -0.1) is 0 Å². The minimum atomic E-state index is -0.418. The summed E-state index contributed by atoms with van der Waals surface area (Å²) in [4.78, 5) is 12.0. The highest BCUT2D eigenvalue weighted by atomic mass is 19.1. The zero-order chi connectivity index (χ0) is 17.6. The van der Waals surface area contributed by atoms with E-state index in [1.165, 1.54) is 25.3 Å². The molecule has 0 saturated carbocycles. The first kappa shape index (κ1) is 17.0. The van der Waals surface area contributed by atoms with Crippen LogP contribution in [0.25, 0.3) is 6.08 Å². The van der Waals surface area contributed by atoms with Crippen molar-refractivity contribution in [3.8, 4) is 11.5 Å². The lowest BCUT2D eigenvalue weighted by atomic mass is 10.1. The van der Waals surface area contributed by atoms with Crippen molar-refractivity contribution < 1.29 is 23.4 Å². The number of fused-ring (bicyclic) bond motifs is 1. The van der Waals surface area contributed by atoms with Gasteiger partial charge in [-0.25, -0.2) is 4.39 Å². The van der Waals surface area contributed by atoms with E-state index in [-0.39, 0.29) is 25.1 Å². The second-order valence-electron chi connectivity index (χ2n) is 5.47. The van der Waals surface area contributed by atoms with E-state index in [9.17, 15) is 9.18 Å². The van der Waals surface area contributed by atoms with Gasteiger partial charge in [0.1, 0.15) is 5.82 Å². The van der Waals surface area contributed by atoms with Gasteiger partial charge in [0.15, 0.2) is 11.5 Å². The van der Waals surface area contributed by atoms with Crippen molar-refractivity contribution in [2.75, 3.05) is 20.4 Å². The third kappa shape index (κ3) is 4.36. The molecule has 1 amide bonds. The highest BCUT2D eigenvalue weighted by molar-refractivity contribution is 5.91. The highest BCUT2D eigenvalue weighted by Gasteiger charge is 2.13. The van der Waals surface area contributed by atoms with E-state index in [0.717, 1.165) is 5.56 Å². The molecule has 1 aliphatic heterocycles. The van der Waals surface area contributed by atoms with Crippen LogP contribution in [0, 0.1) is 5.82 Å². The van der Waals surface area contributed by atoms with Crippen LogP contribution in [0.3, 0.4) is 0 Å². The van der Waals surface area contributed by atoms with Crippen molar-refractivity contribution in [3.63, 3.8) is 0 Å². The fourth-order valence-corrected chi connectivity index (χ4v) is 2.49. The van der Waals surface area contributed by atoms with Crippen molar-refractivity contribution in [3.05, 3.63) is 65.5 Å². The van der Waals surface area contributed by atoms with Gasteiger partial charge < -0.3 is 19.5 Å². The molecular formula is C19H18FNO4. The maximum Gasteiger partial charge on any atom is 0.244 e. The Labute approximate surface area is 145 Å². The molecule has 1 unspecified atom stereocenters. The van der Waals surface area contributed by atoms with Gasteiger partial charge in [-0.2, -0.15) is 0 Å². The Balaban J connectivity index is 1.56. The van der Waals surface area contributed by atoms with Crippen LogP contribution in [0.4, 0.5) is 4.39 Å². The largest absolute Gasteiger partial charge is 0.454 e. The molecule has 0 radical (unpaired) electrons. The number of nitrogens with one attached hydrogen (secondary N) is 1. The molecule has 1 N–H and O–H groups in total. The second kappa shape index (κ2) is 7.81. The van der Waals surface area contributed by atoms with E-state index in [2.05, 4.69) is 5.32 Å². The van der Waals surface area contributed by atoms with Crippen LogP contribution in [0.5, 0.6) is 11.5 Å². The second-order valence-corrected chi connectivity index (χ2v) is 5.47. The van der Waals surface area contributed by atoms with Crippen LogP contribution >= 0.6 is 0 Å². The number of methoxy groups -OCH3 is 1. The molecule has 5 nitrogen and oxygen atoms in total. The van der Waals surface area contributed by atoms with Crippen molar-refractivity contribution in [1.29, 1.82) is 0 Å². The summed E-state index contributed by atoms with van der Waals surface area (Å²) in [5.41, 5.74) is 1.50. The number of carbonyl (C=O) groups excluding carboxylic acids is 1. The van der Waals surface area contributed by atoms with E-state index in [1.54, 1.807) is 30.3 Å². The first-order valence-corrected chi connectivity index (χ1v) is 7.79. The Hall–Kier alpha value is -2.86. The summed E-state index contributed by atoms with van der Waals surface area (Å²) in [5.74, 6) is 0.748.